The first kappa shape index (κ1) is 29.4. The largest absolute Gasteiger partial charge is 0.206 e. The van der Waals surface area contributed by atoms with Crippen molar-refractivity contribution in [3.05, 3.63) is 83.2 Å². The summed E-state index contributed by atoms with van der Waals surface area (Å²) in [5.74, 6) is -0.491. The van der Waals surface area contributed by atoms with Gasteiger partial charge in [0.25, 0.3) is 0 Å². The van der Waals surface area contributed by atoms with Crippen molar-refractivity contribution in [3.8, 4) is 22.3 Å². The lowest BCUT2D eigenvalue weighted by molar-refractivity contribution is 0.302. The smallest absolute Gasteiger partial charge is 0.166 e. The summed E-state index contributed by atoms with van der Waals surface area (Å²) < 4.78 is 45.0. The number of hydrogen-bond acceptors (Lipinski definition) is 0. The SMILES string of the molecule is CCCCCCCc1ccc(-c2ccc(-c3ccc(C4CCC(CCCCC)CC4)cc3F)cc2)c(F)c1F. The lowest BCUT2D eigenvalue weighted by Crippen LogP contribution is -2.13. The van der Waals surface area contributed by atoms with Crippen LogP contribution in [0.25, 0.3) is 22.3 Å². The van der Waals surface area contributed by atoms with E-state index in [-0.39, 0.29) is 11.4 Å². The molecule has 0 aliphatic heterocycles. The van der Waals surface area contributed by atoms with Crippen LogP contribution in [-0.2, 0) is 6.42 Å². The Kier molecular flexibility index (Phi) is 11.1. The van der Waals surface area contributed by atoms with E-state index in [2.05, 4.69) is 19.9 Å². The van der Waals surface area contributed by atoms with Crippen LogP contribution in [0, 0.1) is 23.4 Å². The van der Waals surface area contributed by atoms with Gasteiger partial charge >= 0.3 is 0 Å². The average Bonchev–Trinajstić information content (AvgIpc) is 2.96. The molecule has 3 aromatic rings. The zero-order chi connectivity index (χ0) is 27.6. The molecule has 0 N–H and O–H groups in total. The minimum Gasteiger partial charge on any atom is -0.206 e. The van der Waals surface area contributed by atoms with Gasteiger partial charge in [-0.2, -0.15) is 0 Å². The quantitative estimate of drug-likeness (QED) is 0.191. The monoisotopic (exact) mass is 534 g/mol. The van der Waals surface area contributed by atoms with Crippen LogP contribution in [0.5, 0.6) is 0 Å². The van der Waals surface area contributed by atoms with Crippen LogP contribution in [-0.4, -0.2) is 0 Å². The van der Waals surface area contributed by atoms with Crippen molar-refractivity contribution in [1.29, 1.82) is 0 Å². The second-order valence-electron chi connectivity index (χ2n) is 11.6. The van der Waals surface area contributed by atoms with Crippen molar-refractivity contribution in [1.82, 2.24) is 0 Å². The molecule has 0 unspecified atom stereocenters. The second kappa shape index (κ2) is 14.7. The van der Waals surface area contributed by atoms with Gasteiger partial charge in [-0.3, -0.25) is 0 Å². The van der Waals surface area contributed by atoms with Gasteiger partial charge in [0.1, 0.15) is 5.82 Å². The van der Waals surface area contributed by atoms with E-state index < -0.39 is 11.6 Å². The van der Waals surface area contributed by atoms with Crippen molar-refractivity contribution >= 4 is 0 Å². The molecule has 0 nitrogen and oxygen atoms in total. The standard InChI is InChI=1S/C36H45F3/c1-3-5-7-8-10-12-30-21-24-33(36(39)35(30)38)29-19-17-28(18-20-29)32-23-22-31(25-34(32)37)27-15-13-26(14-16-27)11-9-6-4-2/h17-27H,3-16H2,1-2H3. The van der Waals surface area contributed by atoms with Gasteiger partial charge in [-0.1, -0.05) is 114 Å². The number of halogens is 3. The van der Waals surface area contributed by atoms with Gasteiger partial charge in [-0.05, 0) is 78.7 Å². The lowest BCUT2D eigenvalue weighted by atomic mass is 9.77. The summed E-state index contributed by atoms with van der Waals surface area (Å²) >= 11 is 0. The molecule has 0 radical (unpaired) electrons. The molecule has 4 rings (SSSR count). The predicted molar refractivity (Wildman–Crippen MR) is 158 cm³/mol. The van der Waals surface area contributed by atoms with E-state index in [4.69, 9.17) is 0 Å². The predicted octanol–water partition coefficient (Wildman–Crippen LogP) is 11.8. The van der Waals surface area contributed by atoms with Gasteiger partial charge in [-0.15, -0.1) is 0 Å². The first-order chi connectivity index (χ1) is 19.0. The van der Waals surface area contributed by atoms with Gasteiger partial charge in [0.05, 0.1) is 0 Å². The summed E-state index contributed by atoms with van der Waals surface area (Å²) in [5.41, 5.74) is 3.67. The van der Waals surface area contributed by atoms with E-state index in [1.807, 2.05) is 6.07 Å². The lowest BCUT2D eigenvalue weighted by Gasteiger charge is -2.29. The van der Waals surface area contributed by atoms with Crippen molar-refractivity contribution in [2.24, 2.45) is 5.92 Å². The Bertz CT molecular complexity index is 1170. The van der Waals surface area contributed by atoms with E-state index in [9.17, 15) is 8.78 Å². The minimum atomic E-state index is -0.801. The maximum Gasteiger partial charge on any atom is 0.166 e. The van der Waals surface area contributed by atoms with E-state index in [0.717, 1.165) is 55.6 Å². The van der Waals surface area contributed by atoms with Crippen molar-refractivity contribution in [2.45, 2.75) is 110 Å². The molecular formula is C36H45F3. The molecule has 0 spiro atoms. The summed E-state index contributed by atoms with van der Waals surface area (Å²) in [4.78, 5) is 0. The Balaban J connectivity index is 1.39. The Hall–Kier alpha value is -2.55. The van der Waals surface area contributed by atoms with Crippen LogP contribution in [0.4, 0.5) is 13.2 Å². The van der Waals surface area contributed by atoms with Gasteiger partial charge in [0.2, 0.25) is 0 Å². The summed E-state index contributed by atoms with van der Waals surface area (Å²) in [7, 11) is 0. The maximum atomic E-state index is 15.2. The molecule has 0 saturated heterocycles. The number of aryl methyl sites for hydroxylation is 1. The third-order valence-corrected chi connectivity index (χ3v) is 8.75. The van der Waals surface area contributed by atoms with Crippen LogP contribution in [0.15, 0.2) is 54.6 Å². The van der Waals surface area contributed by atoms with E-state index in [1.54, 1.807) is 42.5 Å². The molecule has 39 heavy (non-hydrogen) atoms. The van der Waals surface area contributed by atoms with Gasteiger partial charge in [-0.25, -0.2) is 13.2 Å². The van der Waals surface area contributed by atoms with Crippen LogP contribution >= 0.6 is 0 Å². The third kappa shape index (κ3) is 7.77. The number of unbranched alkanes of at least 4 members (excludes halogenated alkanes) is 6. The van der Waals surface area contributed by atoms with Gasteiger partial charge in [0, 0.05) is 11.1 Å². The van der Waals surface area contributed by atoms with Crippen molar-refractivity contribution < 1.29 is 13.2 Å². The molecule has 0 heterocycles. The molecule has 1 saturated carbocycles. The fraction of sp³-hybridized carbons (Fsp3) is 0.500. The molecule has 3 heteroatoms. The summed E-state index contributed by atoms with van der Waals surface area (Å²) in [6.45, 7) is 4.41. The molecule has 0 amide bonds. The molecule has 1 aliphatic rings. The zero-order valence-electron chi connectivity index (χ0n) is 23.9. The molecular weight excluding hydrogens is 489 g/mol. The molecule has 1 aliphatic carbocycles. The van der Waals surface area contributed by atoms with Crippen LogP contribution < -0.4 is 0 Å². The first-order valence-electron chi connectivity index (χ1n) is 15.4. The first-order valence-corrected chi connectivity index (χ1v) is 15.4. The van der Waals surface area contributed by atoms with Crippen LogP contribution in [0.3, 0.4) is 0 Å². The van der Waals surface area contributed by atoms with Crippen LogP contribution in [0.1, 0.15) is 114 Å². The zero-order valence-corrected chi connectivity index (χ0v) is 23.9. The molecule has 0 atom stereocenters. The summed E-state index contributed by atoms with van der Waals surface area (Å²) in [6.07, 6.45) is 16.0. The van der Waals surface area contributed by atoms with Crippen molar-refractivity contribution in [3.63, 3.8) is 0 Å². The van der Waals surface area contributed by atoms with Crippen molar-refractivity contribution in [2.75, 3.05) is 0 Å². The number of benzene rings is 3. The molecule has 1 fully saturated rings. The Morgan fingerprint density at radius 3 is 1.90 bits per heavy atom. The molecule has 0 aromatic heterocycles. The number of hydrogen-bond donors (Lipinski definition) is 0. The highest BCUT2D eigenvalue weighted by atomic mass is 19.2. The highest BCUT2D eigenvalue weighted by molar-refractivity contribution is 5.71. The Morgan fingerprint density at radius 1 is 0.615 bits per heavy atom. The van der Waals surface area contributed by atoms with Gasteiger partial charge in [0.15, 0.2) is 11.6 Å². The summed E-state index contributed by atoms with van der Waals surface area (Å²) in [6, 6.07) is 16.1. The molecule has 0 bridgehead atoms. The van der Waals surface area contributed by atoms with Crippen LogP contribution in [0.2, 0.25) is 0 Å². The fourth-order valence-corrected chi connectivity index (χ4v) is 6.24. The van der Waals surface area contributed by atoms with E-state index in [0.29, 0.717) is 29.0 Å². The minimum absolute atomic E-state index is 0.217. The topological polar surface area (TPSA) is 0 Å². The molecule has 3 aromatic carbocycles. The van der Waals surface area contributed by atoms with E-state index >= 15 is 4.39 Å². The Labute approximate surface area is 234 Å². The molecule has 210 valence electrons. The Morgan fingerprint density at radius 2 is 1.23 bits per heavy atom. The number of rotatable bonds is 13. The highest BCUT2D eigenvalue weighted by Gasteiger charge is 2.23. The average molecular weight is 535 g/mol. The highest BCUT2D eigenvalue weighted by Crippen LogP contribution is 2.39. The van der Waals surface area contributed by atoms with E-state index in [1.165, 1.54) is 44.9 Å². The normalized spacial score (nSPS) is 17.5. The second-order valence-corrected chi connectivity index (χ2v) is 11.6. The van der Waals surface area contributed by atoms with Gasteiger partial charge < -0.3 is 0 Å². The third-order valence-electron chi connectivity index (χ3n) is 8.75. The fourth-order valence-electron chi connectivity index (χ4n) is 6.24. The maximum absolute atomic E-state index is 15.2. The summed E-state index contributed by atoms with van der Waals surface area (Å²) in [5, 5.41) is 0.